The summed E-state index contributed by atoms with van der Waals surface area (Å²) in [6.07, 6.45) is 2.14. The van der Waals surface area contributed by atoms with Crippen molar-refractivity contribution in [2.75, 3.05) is 0 Å². The molecule has 0 saturated heterocycles. The van der Waals surface area contributed by atoms with Crippen LogP contribution in [0.5, 0.6) is 0 Å². The summed E-state index contributed by atoms with van der Waals surface area (Å²) in [5.41, 5.74) is -4.98. The molecule has 16 heavy (non-hydrogen) atoms. The van der Waals surface area contributed by atoms with Gasteiger partial charge in [0.15, 0.2) is 12.0 Å². The fourth-order valence-corrected chi connectivity index (χ4v) is 2.30. The lowest BCUT2D eigenvalue weighted by molar-refractivity contribution is -0.0387. The molecule has 0 aromatic rings. The van der Waals surface area contributed by atoms with Gasteiger partial charge in [0, 0.05) is 17.5 Å². The second-order valence-electron chi connectivity index (χ2n) is 5.13. The Kier molecular flexibility index (Phi) is 3.55. The molecule has 0 atom stereocenters. The first-order chi connectivity index (χ1) is 6.99. The Balaban J connectivity index is 2.69. The summed E-state index contributed by atoms with van der Waals surface area (Å²) >= 11 is -0.454. The van der Waals surface area contributed by atoms with Crippen LogP contribution >= 0.6 is 12.0 Å². The Labute approximate surface area is 97.8 Å². The van der Waals surface area contributed by atoms with Crippen molar-refractivity contribution in [2.24, 2.45) is 0 Å². The average molecular weight is 255 g/mol. The third-order valence-electron chi connectivity index (χ3n) is 2.04. The second kappa shape index (κ2) is 4.14. The van der Waals surface area contributed by atoms with Crippen LogP contribution in [0, 0.1) is 0 Å². The predicted octanol–water partition coefficient (Wildman–Crippen LogP) is 3.61. The zero-order chi connectivity index (χ0) is 12.6. The van der Waals surface area contributed by atoms with E-state index in [0.29, 0.717) is 12.2 Å². The Morgan fingerprint density at radius 3 is 2.31 bits per heavy atom. The van der Waals surface area contributed by atoms with Crippen LogP contribution in [0.1, 0.15) is 34.1 Å². The van der Waals surface area contributed by atoms with Crippen molar-refractivity contribution in [2.45, 2.75) is 50.7 Å². The molecule has 0 aromatic heterocycles. The summed E-state index contributed by atoms with van der Waals surface area (Å²) in [6.45, 7) is 7.66. The van der Waals surface area contributed by atoms with E-state index in [1.165, 1.54) is 0 Å². The standard InChI is InChI=1S/C10H16F3NOS/c1-8(2)5-7(6-9(3,4)14-8)15-16-10(11,12)13/h5,14H,6H2,1-4H3. The first kappa shape index (κ1) is 13.7. The molecule has 1 N–H and O–H groups in total. The van der Waals surface area contributed by atoms with Crippen molar-refractivity contribution in [1.82, 2.24) is 5.32 Å². The van der Waals surface area contributed by atoms with Crippen LogP contribution in [0.2, 0.25) is 0 Å². The van der Waals surface area contributed by atoms with Crippen molar-refractivity contribution in [1.29, 1.82) is 0 Å². The van der Waals surface area contributed by atoms with Crippen LogP contribution in [0.25, 0.3) is 0 Å². The van der Waals surface area contributed by atoms with Gasteiger partial charge in [0.1, 0.15) is 5.76 Å². The number of hydrogen-bond donors (Lipinski definition) is 1. The second-order valence-corrected chi connectivity index (χ2v) is 5.93. The van der Waals surface area contributed by atoms with Gasteiger partial charge in [-0.15, -0.1) is 0 Å². The number of hydrogen-bond acceptors (Lipinski definition) is 3. The number of nitrogens with one attached hydrogen (secondary N) is 1. The van der Waals surface area contributed by atoms with E-state index in [9.17, 15) is 13.2 Å². The molecule has 0 radical (unpaired) electrons. The molecule has 0 aromatic carbocycles. The summed E-state index contributed by atoms with van der Waals surface area (Å²) < 4.78 is 40.7. The number of alkyl halides is 3. The topological polar surface area (TPSA) is 21.3 Å². The maximum atomic E-state index is 12.0. The molecule has 0 bridgehead atoms. The van der Waals surface area contributed by atoms with Crippen molar-refractivity contribution in [3.8, 4) is 0 Å². The summed E-state index contributed by atoms with van der Waals surface area (Å²) in [4.78, 5) is 0. The van der Waals surface area contributed by atoms with Gasteiger partial charge in [-0.1, -0.05) is 0 Å². The highest BCUT2D eigenvalue weighted by Crippen LogP contribution is 2.37. The first-order valence-electron chi connectivity index (χ1n) is 4.93. The van der Waals surface area contributed by atoms with Gasteiger partial charge >= 0.3 is 5.51 Å². The molecule has 2 nitrogen and oxygen atoms in total. The molecular formula is C10H16F3NOS. The minimum Gasteiger partial charge on any atom is -0.422 e. The van der Waals surface area contributed by atoms with Gasteiger partial charge in [-0.2, -0.15) is 13.2 Å². The minimum atomic E-state index is -4.36. The van der Waals surface area contributed by atoms with Crippen molar-refractivity contribution in [3.05, 3.63) is 11.8 Å². The fraction of sp³-hybridized carbons (Fsp3) is 0.800. The molecule has 94 valence electrons. The van der Waals surface area contributed by atoms with Gasteiger partial charge < -0.3 is 9.50 Å². The minimum absolute atomic E-state index is 0.264. The highest BCUT2D eigenvalue weighted by Gasteiger charge is 2.36. The summed E-state index contributed by atoms with van der Waals surface area (Å²) in [7, 11) is 0. The lowest BCUT2D eigenvalue weighted by Crippen LogP contribution is -2.54. The molecule has 1 rings (SSSR count). The lowest BCUT2D eigenvalue weighted by atomic mass is 9.87. The number of rotatable bonds is 2. The highest BCUT2D eigenvalue weighted by atomic mass is 32.2. The quantitative estimate of drug-likeness (QED) is 0.762. The Morgan fingerprint density at radius 2 is 1.88 bits per heavy atom. The largest absolute Gasteiger partial charge is 0.479 e. The maximum Gasteiger partial charge on any atom is 0.479 e. The molecule has 1 aliphatic heterocycles. The molecule has 0 unspecified atom stereocenters. The van der Waals surface area contributed by atoms with Crippen LogP contribution in [0.4, 0.5) is 13.2 Å². The average Bonchev–Trinajstić information content (AvgIpc) is 1.93. The van der Waals surface area contributed by atoms with Gasteiger partial charge in [0.05, 0.1) is 0 Å². The monoisotopic (exact) mass is 255 g/mol. The van der Waals surface area contributed by atoms with Crippen LogP contribution in [-0.4, -0.2) is 16.6 Å². The third kappa shape index (κ3) is 4.65. The highest BCUT2D eigenvalue weighted by molar-refractivity contribution is 7.95. The van der Waals surface area contributed by atoms with E-state index in [-0.39, 0.29) is 11.1 Å². The fourth-order valence-electron chi connectivity index (χ4n) is 2.00. The van der Waals surface area contributed by atoms with Crippen molar-refractivity contribution < 1.29 is 17.4 Å². The van der Waals surface area contributed by atoms with E-state index in [2.05, 4.69) is 5.32 Å². The van der Waals surface area contributed by atoms with Gasteiger partial charge in [-0.05, 0) is 33.8 Å². The van der Waals surface area contributed by atoms with Crippen LogP contribution in [0.3, 0.4) is 0 Å². The molecule has 0 saturated carbocycles. The summed E-state index contributed by atoms with van der Waals surface area (Å²) in [6, 6.07) is 0. The third-order valence-corrected chi connectivity index (χ3v) is 2.53. The van der Waals surface area contributed by atoms with Gasteiger partial charge in [0.2, 0.25) is 0 Å². The SMILES string of the molecule is CC1(C)C=C(OSC(F)(F)F)CC(C)(C)N1. The zero-order valence-corrected chi connectivity index (χ0v) is 10.6. The van der Waals surface area contributed by atoms with E-state index < -0.39 is 17.6 Å². The maximum absolute atomic E-state index is 12.0. The molecule has 0 aliphatic carbocycles. The number of halogens is 3. The molecule has 6 heteroatoms. The lowest BCUT2D eigenvalue weighted by Gasteiger charge is -2.40. The van der Waals surface area contributed by atoms with E-state index in [1.54, 1.807) is 6.08 Å². The normalized spacial score (nSPS) is 23.8. The molecule has 1 aliphatic rings. The first-order valence-corrected chi connectivity index (χ1v) is 5.67. The Hall–Kier alpha value is -0.360. The Morgan fingerprint density at radius 1 is 1.31 bits per heavy atom. The van der Waals surface area contributed by atoms with Gasteiger partial charge in [-0.3, -0.25) is 0 Å². The Bertz CT molecular complexity index is 297. The smallest absolute Gasteiger partial charge is 0.422 e. The molecule has 1 heterocycles. The van der Waals surface area contributed by atoms with E-state index in [1.807, 2.05) is 27.7 Å². The van der Waals surface area contributed by atoms with Crippen LogP contribution in [0.15, 0.2) is 11.8 Å². The molecule has 0 fully saturated rings. The summed E-state index contributed by atoms with van der Waals surface area (Å²) in [5.74, 6) is 0.371. The molecule has 0 amide bonds. The van der Waals surface area contributed by atoms with Crippen LogP contribution < -0.4 is 5.32 Å². The van der Waals surface area contributed by atoms with Gasteiger partial charge in [0.25, 0.3) is 0 Å². The van der Waals surface area contributed by atoms with Crippen molar-refractivity contribution >= 4 is 12.0 Å². The van der Waals surface area contributed by atoms with Crippen molar-refractivity contribution in [3.63, 3.8) is 0 Å². The summed E-state index contributed by atoms with van der Waals surface area (Å²) in [5, 5.41) is 3.31. The van der Waals surface area contributed by atoms with E-state index in [4.69, 9.17) is 4.18 Å². The van der Waals surface area contributed by atoms with Gasteiger partial charge in [-0.25, -0.2) is 0 Å². The zero-order valence-electron chi connectivity index (χ0n) is 9.73. The molecular weight excluding hydrogens is 239 g/mol. The predicted molar refractivity (Wildman–Crippen MR) is 58.7 cm³/mol. The molecule has 0 spiro atoms. The van der Waals surface area contributed by atoms with E-state index in [0.717, 1.165) is 0 Å². The van der Waals surface area contributed by atoms with E-state index >= 15 is 0 Å². The van der Waals surface area contributed by atoms with Crippen LogP contribution in [-0.2, 0) is 4.18 Å².